The molecule has 7 heteroatoms. The molecule has 1 heterocycles. The Hall–Kier alpha value is -2.38. The molecule has 2 aliphatic rings. The summed E-state index contributed by atoms with van der Waals surface area (Å²) in [4.78, 5) is 12.9. The largest absolute Gasteiger partial charge is 0.492 e. The van der Waals surface area contributed by atoms with Gasteiger partial charge in [0.05, 0.1) is 11.4 Å². The second kappa shape index (κ2) is 10.5. The second-order valence-corrected chi connectivity index (χ2v) is 10.5. The van der Waals surface area contributed by atoms with Gasteiger partial charge in [0.25, 0.3) is 0 Å². The van der Waals surface area contributed by atoms with Gasteiger partial charge in [-0.2, -0.15) is 4.31 Å². The minimum Gasteiger partial charge on any atom is -0.492 e. The number of amides is 1. The summed E-state index contributed by atoms with van der Waals surface area (Å²) in [6, 6.07) is 15.9. The third-order valence-corrected chi connectivity index (χ3v) is 8.41. The van der Waals surface area contributed by atoms with Crippen molar-refractivity contribution in [2.24, 2.45) is 0 Å². The first-order valence-corrected chi connectivity index (χ1v) is 13.1. The molecule has 2 fully saturated rings. The van der Waals surface area contributed by atoms with Crippen molar-refractivity contribution in [2.45, 2.75) is 61.8 Å². The average Bonchev–Trinajstić information content (AvgIpc) is 3.34. The molecule has 1 aliphatic carbocycles. The highest BCUT2D eigenvalue weighted by Gasteiger charge is 2.39. The lowest BCUT2D eigenvalue weighted by Crippen LogP contribution is -2.46. The second-order valence-electron chi connectivity index (χ2n) is 8.63. The van der Waals surface area contributed by atoms with Crippen molar-refractivity contribution < 1.29 is 17.9 Å². The summed E-state index contributed by atoms with van der Waals surface area (Å²) in [5.74, 6) is 1.19. The molecule has 172 valence electrons. The molecule has 1 atom stereocenters. The van der Waals surface area contributed by atoms with Crippen LogP contribution in [0, 0.1) is 0 Å². The van der Waals surface area contributed by atoms with Gasteiger partial charge in [0.2, 0.25) is 15.9 Å². The number of nitrogens with one attached hydrogen (secondary N) is 1. The molecule has 1 saturated carbocycles. The lowest BCUT2D eigenvalue weighted by molar-refractivity contribution is -0.124. The lowest BCUT2D eigenvalue weighted by atomic mass is 9.84. The molecule has 1 aliphatic heterocycles. The minimum atomic E-state index is -3.68. The molecule has 0 bridgehead atoms. The summed E-state index contributed by atoms with van der Waals surface area (Å²) in [5.41, 5.74) is 1.38. The number of carbonyl (C=O) groups is 1. The number of nitrogens with zero attached hydrogens (tertiary/aromatic N) is 1. The van der Waals surface area contributed by atoms with E-state index in [2.05, 4.69) is 17.4 Å². The van der Waals surface area contributed by atoms with E-state index < -0.39 is 16.1 Å². The van der Waals surface area contributed by atoms with E-state index in [1.54, 1.807) is 30.3 Å². The molecule has 2 aromatic carbocycles. The molecular formula is C25H32N2O4S. The number of rotatable bonds is 8. The van der Waals surface area contributed by atoms with Gasteiger partial charge in [-0.25, -0.2) is 8.42 Å². The van der Waals surface area contributed by atoms with E-state index in [1.165, 1.54) is 42.0 Å². The molecule has 0 unspecified atom stereocenters. The van der Waals surface area contributed by atoms with Crippen LogP contribution in [0.25, 0.3) is 0 Å². The molecule has 32 heavy (non-hydrogen) atoms. The lowest BCUT2D eigenvalue weighted by Gasteiger charge is -2.23. The SMILES string of the molecule is O=C(NCCOc1ccc(C2CCCCC2)cc1)[C@H]1CCCN1S(=O)(=O)c1ccccc1. The normalized spacial score (nSPS) is 20.2. The molecule has 0 spiro atoms. The third kappa shape index (κ3) is 5.33. The fraction of sp³-hybridized carbons (Fsp3) is 0.480. The van der Waals surface area contributed by atoms with Gasteiger partial charge < -0.3 is 10.1 Å². The van der Waals surface area contributed by atoms with Crippen LogP contribution in [0.2, 0.25) is 0 Å². The van der Waals surface area contributed by atoms with Gasteiger partial charge in [0.1, 0.15) is 18.4 Å². The Bertz CT molecular complexity index is 986. The zero-order chi connectivity index (χ0) is 22.4. The Balaban J connectivity index is 1.25. The molecule has 1 N–H and O–H groups in total. The zero-order valence-electron chi connectivity index (χ0n) is 18.4. The Labute approximate surface area is 191 Å². The Morgan fingerprint density at radius 1 is 0.938 bits per heavy atom. The molecule has 1 saturated heterocycles. The van der Waals surface area contributed by atoms with Gasteiger partial charge in [-0.05, 0) is 61.4 Å². The van der Waals surface area contributed by atoms with E-state index in [0.29, 0.717) is 38.5 Å². The van der Waals surface area contributed by atoms with Gasteiger partial charge in [-0.1, -0.05) is 49.6 Å². The first kappa shape index (κ1) is 22.8. The molecule has 0 radical (unpaired) electrons. The molecule has 0 aromatic heterocycles. The maximum atomic E-state index is 12.9. The molecular weight excluding hydrogens is 424 g/mol. The van der Waals surface area contributed by atoms with Gasteiger partial charge in [0.15, 0.2) is 0 Å². The summed E-state index contributed by atoms with van der Waals surface area (Å²) < 4.78 is 33.0. The topological polar surface area (TPSA) is 75.7 Å². The number of hydrogen-bond acceptors (Lipinski definition) is 4. The van der Waals surface area contributed by atoms with E-state index >= 15 is 0 Å². The van der Waals surface area contributed by atoms with Crippen molar-refractivity contribution in [3.8, 4) is 5.75 Å². The van der Waals surface area contributed by atoms with Crippen LogP contribution >= 0.6 is 0 Å². The Morgan fingerprint density at radius 3 is 2.38 bits per heavy atom. The first-order valence-electron chi connectivity index (χ1n) is 11.6. The van der Waals surface area contributed by atoms with E-state index in [0.717, 1.165) is 5.75 Å². The molecule has 6 nitrogen and oxygen atoms in total. The summed E-state index contributed by atoms with van der Waals surface area (Å²) in [6.07, 6.45) is 7.71. The van der Waals surface area contributed by atoms with Crippen LogP contribution < -0.4 is 10.1 Å². The standard InChI is InChI=1S/C25H32N2O4S/c28-25(24-12-7-18-27(24)32(29,30)23-10-5-2-6-11-23)26-17-19-31-22-15-13-21(14-16-22)20-8-3-1-4-9-20/h2,5-6,10-11,13-16,20,24H,1,3-4,7-9,12,17-19H2,(H,26,28)/t24-/m1/s1. The smallest absolute Gasteiger partial charge is 0.243 e. The van der Waals surface area contributed by atoms with Crippen LogP contribution in [0.15, 0.2) is 59.5 Å². The highest BCUT2D eigenvalue weighted by Crippen LogP contribution is 2.33. The van der Waals surface area contributed by atoms with Crippen molar-refractivity contribution >= 4 is 15.9 Å². The van der Waals surface area contributed by atoms with Crippen LogP contribution in [0.1, 0.15) is 56.4 Å². The van der Waals surface area contributed by atoms with Gasteiger partial charge in [-0.15, -0.1) is 0 Å². The number of sulfonamides is 1. The average molecular weight is 457 g/mol. The summed E-state index contributed by atoms with van der Waals surface area (Å²) in [6.45, 7) is 1.03. The van der Waals surface area contributed by atoms with Crippen molar-refractivity contribution in [3.05, 3.63) is 60.2 Å². The Kier molecular flexibility index (Phi) is 7.48. The zero-order valence-corrected chi connectivity index (χ0v) is 19.2. The number of benzene rings is 2. The monoisotopic (exact) mass is 456 g/mol. The van der Waals surface area contributed by atoms with Crippen molar-refractivity contribution in [3.63, 3.8) is 0 Å². The summed E-state index contributed by atoms with van der Waals surface area (Å²) in [7, 11) is -3.68. The van der Waals surface area contributed by atoms with Crippen LogP contribution in [0.3, 0.4) is 0 Å². The number of hydrogen-bond donors (Lipinski definition) is 1. The van der Waals surface area contributed by atoms with Crippen LogP contribution in [-0.2, 0) is 14.8 Å². The predicted molar refractivity (Wildman–Crippen MR) is 124 cm³/mol. The number of carbonyl (C=O) groups excluding carboxylic acids is 1. The molecule has 2 aromatic rings. The summed E-state index contributed by atoms with van der Waals surface area (Å²) >= 11 is 0. The quantitative estimate of drug-likeness (QED) is 0.607. The van der Waals surface area contributed by atoms with Crippen molar-refractivity contribution in [2.75, 3.05) is 19.7 Å². The van der Waals surface area contributed by atoms with E-state index in [1.807, 2.05) is 12.1 Å². The van der Waals surface area contributed by atoms with E-state index in [4.69, 9.17) is 4.74 Å². The van der Waals surface area contributed by atoms with Crippen molar-refractivity contribution in [1.29, 1.82) is 0 Å². The summed E-state index contributed by atoms with van der Waals surface area (Å²) in [5, 5.41) is 2.84. The molecule has 1 amide bonds. The van der Waals surface area contributed by atoms with Gasteiger partial charge >= 0.3 is 0 Å². The van der Waals surface area contributed by atoms with Gasteiger partial charge in [-0.3, -0.25) is 4.79 Å². The fourth-order valence-corrected chi connectivity index (χ4v) is 6.43. The molecule has 4 rings (SSSR count). The van der Waals surface area contributed by atoms with E-state index in [-0.39, 0.29) is 10.8 Å². The van der Waals surface area contributed by atoms with Crippen LogP contribution in [0.5, 0.6) is 5.75 Å². The van der Waals surface area contributed by atoms with Crippen LogP contribution in [-0.4, -0.2) is 44.4 Å². The fourth-order valence-electron chi connectivity index (χ4n) is 4.75. The van der Waals surface area contributed by atoms with E-state index in [9.17, 15) is 13.2 Å². The van der Waals surface area contributed by atoms with Gasteiger partial charge in [0, 0.05) is 6.54 Å². The Morgan fingerprint density at radius 2 is 1.66 bits per heavy atom. The minimum absolute atomic E-state index is 0.222. The van der Waals surface area contributed by atoms with Crippen molar-refractivity contribution in [1.82, 2.24) is 9.62 Å². The predicted octanol–water partition coefficient (Wildman–Crippen LogP) is 4.08. The third-order valence-electron chi connectivity index (χ3n) is 6.48. The maximum Gasteiger partial charge on any atom is 0.243 e. The number of ether oxygens (including phenoxy) is 1. The maximum absolute atomic E-state index is 12.9. The highest BCUT2D eigenvalue weighted by atomic mass is 32.2. The first-order chi connectivity index (χ1) is 15.6. The van der Waals surface area contributed by atoms with Crippen LogP contribution in [0.4, 0.5) is 0 Å². The highest BCUT2D eigenvalue weighted by molar-refractivity contribution is 7.89.